The SMILES string of the molecule is CC.COc1cc(N)ccc1[NH3+]. The lowest BCUT2D eigenvalue weighted by Crippen LogP contribution is -2.40. The van der Waals surface area contributed by atoms with E-state index < -0.39 is 0 Å². The molecule has 3 heteroatoms. The largest absolute Gasteiger partial charge is 0.491 e. The number of methoxy groups -OCH3 is 1. The summed E-state index contributed by atoms with van der Waals surface area (Å²) in [5.41, 5.74) is 10.8. The molecular weight excluding hydrogens is 152 g/mol. The third-order valence-electron chi connectivity index (χ3n) is 1.31. The minimum atomic E-state index is 0.698. The first-order chi connectivity index (χ1) is 5.74. The van der Waals surface area contributed by atoms with Gasteiger partial charge in [-0.2, -0.15) is 0 Å². The average Bonchev–Trinajstić information content (AvgIpc) is 2.13. The highest BCUT2D eigenvalue weighted by atomic mass is 16.5. The summed E-state index contributed by atoms with van der Waals surface area (Å²) in [5, 5.41) is 0. The molecule has 5 N–H and O–H groups in total. The van der Waals surface area contributed by atoms with Crippen LogP contribution in [0.1, 0.15) is 13.8 Å². The van der Waals surface area contributed by atoms with Gasteiger partial charge in [-0.15, -0.1) is 0 Å². The van der Waals surface area contributed by atoms with Gasteiger partial charge in [0.1, 0.15) is 0 Å². The van der Waals surface area contributed by atoms with Crippen molar-refractivity contribution in [2.75, 3.05) is 12.8 Å². The summed E-state index contributed by atoms with van der Waals surface area (Å²) in [5.74, 6) is 0.736. The van der Waals surface area contributed by atoms with Crippen LogP contribution in [0.2, 0.25) is 0 Å². The summed E-state index contributed by atoms with van der Waals surface area (Å²) in [6.07, 6.45) is 0. The standard InChI is InChI=1S/C7H10N2O.C2H6/c1-10-7-4-5(8)2-3-6(7)9;1-2/h2-4H,8-9H2,1H3;1-2H3/p+1. The van der Waals surface area contributed by atoms with E-state index in [1.165, 1.54) is 0 Å². The molecule has 0 radical (unpaired) electrons. The zero-order chi connectivity index (χ0) is 9.56. The van der Waals surface area contributed by atoms with Crippen molar-refractivity contribution in [3.05, 3.63) is 18.2 Å². The third-order valence-corrected chi connectivity index (χ3v) is 1.31. The van der Waals surface area contributed by atoms with Gasteiger partial charge in [0.25, 0.3) is 0 Å². The first-order valence-corrected chi connectivity index (χ1v) is 3.99. The second kappa shape index (κ2) is 5.43. The van der Waals surface area contributed by atoms with Crippen LogP contribution >= 0.6 is 0 Å². The van der Waals surface area contributed by atoms with Gasteiger partial charge in [-0.3, -0.25) is 0 Å². The van der Waals surface area contributed by atoms with Gasteiger partial charge in [-0.25, -0.2) is 0 Å². The van der Waals surface area contributed by atoms with Gasteiger partial charge in [-0.05, 0) is 6.07 Å². The number of rotatable bonds is 1. The minimum absolute atomic E-state index is 0.698. The molecular formula is C9H17N2O+. The molecule has 0 saturated carbocycles. The Morgan fingerprint density at radius 3 is 2.33 bits per heavy atom. The molecule has 0 aromatic heterocycles. The van der Waals surface area contributed by atoms with Crippen molar-refractivity contribution >= 4 is 11.4 Å². The normalized spacial score (nSPS) is 8.33. The highest BCUT2D eigenvalue weighted by Gasteiger charge is 2.00. The fourth-order valence-electron chi connectivity index (χ4n) is 0.761. The zero-order valence-electron chi connectivity index (χ0n) is 7.92. The molecule has 0 fully saturated rings. The molecule has 68 valence electrons. The summed E-state index contributed by atoms with van der Waals surface area (Å²) in [7, 11) is 1.60. The molecule has 3 nitrogen and oxygen atoms in total. The molecule has 0 aliphatic heterocycles. The van der Waals surface area contributed by atoms with Crippen LogP contribution in [0.5, 0.6) is 5.75 Å². The van der Waals surface area contributed by atoms with E-state index in [4.69, 9.17) is 10.5 Å². The zero-order valence-corrected chi connectivity index (χ0v) is 7.92. The Hall–Kier alpha value is -1.22. The smallest absolute Gasteiger partial charge is 0.181 e. The fraction of sp³-hybridized carbons (Fsp3) is 0.333. The summed E-state index contributed by atoms with van der Waals surface area (Å²) in [6.45, 7) is 4.00. The van der Waals surface area contributed by atoms with Crippen molar-refractivity contribution in [1.82, 2.24) is 0 Å². The van der Waals surface area contributed by atoms with Crippen molar-refractivity contribution in [3.63, 3.8) is 0 Å². The molecule has 0 aliphatic rings. The van der Waals surface area contributed by atoms with Gasteiger partial charge in [0, 0.05) is 17.8 Å². The molecule has 0 unspecified atom stereocenters. The topological polar surface area (TPSA) is 62.9 Å². The summed E-state index contributed by atoms with van der Waals surface area (Å²) < 4.78 is 4.98. The van der Waals surface area contributed by atoms with Crippen LogP contribution < -0.4 is 16.2 Å². The number of quaternary nitrogens is 1. The molecule has 0 spiro atoms. The lowest BCUT2D eigenvalue weighted by atomic mass is 10.3. The van der Waals surface area contributed by atoms with Crippen LogP contribution in [0.15, 0.2) is 18.2 Å². The maximum Gasteiger partial charge on any atom is 0.181 e. The number of hydrogen-bond donors (Lipinski definition) is 2. The highest BCUT2D eigenvalue weighted by molar-refractivity contribution is 5.54. The molecule has 1 aromatic carbocycles. The highest BCUT2D eigenvalue weighted by Crippen LogP contribution is 2.21. The van der Waals surface area contributed by atoms with E-state index in [1.807, 2.05) is 19.9 Å². The maximum absolute atomic E-state index is 5.50. The minimum Gasteiger partial charge on any atom is -0.491 e. The number of anilines is 1. The number of ether oxygens (including phenoxy) is 1. The molecule has 1 rings (SSSR count). The summed E-state index contributed by atoms with van der Waals surface area (Å²) in [4.78, 5) is 0. The van der Waals surface area contributed by atoms with Gasteiger partial charge in [0.2, 0.25) is 0 Å². The van der Waals surface area contributed by atoms with Crippen LogP contribution in [0, 0.1) is 0 Å². The second-order valence-electron chi connectivity index (χ2n) is 2.07. The predicted octanol–water partition coefficient (Wildman–Crippen LogP) is 1.18. The quantitative estimate of drug-likeness (QED) is 0.620. The summed E-state index contributed by atoms with van der Waals surface area (Å²) >= 11 is 0. The number of hydrogen-bond acceptors (Lipinski definition) is 2. The Morgan fingerprint density at radius 1 is 1.33 bits per heavy atom. The molecule has 12 heavy (non-hydrogen) atoms. The fourth-order valence-corrected chi connectivity index (χ4v) is 0.761. The molecule has 0 saturated heterocycles. The van der Waals surface area contributed by atoms with E-state index in [2.05, 4.69) is 5.73 Å². The molecule has 0 amide bonds. The van der Waals surface area contributed by atoms with Gasteiger partial charge < -0.3 is 16.2 Å². The van der Waals surface area contributed by atoms with Crippen molar-refractivity contribution in [2.45, 2.75) is 13.8 Å². The molecule has 1 aromatic rings. The lowest BCUT2D eigenvalue weighted by Gasteiger charge is -2.00. The molecule has 0 atom stereocenters. The van der Waals surface area contributed by atoms with E-state index in [-0.39, 0.29) is 0 Å². The van der Waals surface area contributed by atoms with E-state index in [0.717, 1.165) is 11.4 Å². The third kappa shape index (κ3) is 2.80. The van der Waals surface area contributed by atoms with Crippen molar-refractivity contribution < 1.29 is 10.5 Å². The Morgan fingerprint density at radius 2 is 1.92 bits per heavy atom. The Kier molecular flexibility index (Phi) is 4.88. The van der Waals surface area contributed by atoms with Crippen LogP contribution in [-0.2, 0) is 0 Å². The maximum atomic E-state index is 5.50. The number of nitrogens with two attached hydrogens (primary N) is 1. The number of nitrogen functional groups attached to an aromatic ring is 1. The second-order valence-corrected chi connectivity index (χ2v) is 2.07. The number of benzene rings is 1. The van der Waals surface area contributed by atoms with Crippen LogP contribution in [0.3, 0.4) is 0 Å². The van der Waals surface area contributed by atoms with Gasteiger partial charge in [-0.1, -0.05) is 13.8 Å². The van der Waals surface area contributed by atoms with Gasteiger partial charge in [0.15, 0.2) is 11.4 Å². The van der Waals surface area contributed by atoms with Crippen molar-refractivity contribution in [1.29, 1.82) is 0 Å². The summed E-state index contributed by atoms with van der Waals surface area (Å²) in [6, 6.07) is 5.38. The van der Waals surface area contributed by atoms with E-state index in [9.17, 15) is 0 Å². The molecule has 0 aliphatic carbocycles. The van der Waals surface area contributed by atoms with Crippen LogP contribution in [0.4, 0.5) is 11.4 Å². The predicted molar refractivity (Wildman–Crippen MR) is 51.3 cm³/mol. The molecule has 0 bridgehead atoms. The van der Waals surface area contributed by atoms with E-state index in [1.54, 1.807) is 19.2 Å². The Bertz CT molecular complexity index is 236. The van der Waals surface area contributed by atoms with Gasteiger partial charge in [0.05, 0.1) is 7.11 Å². The monoisotopic (exact) mass is 169 g/mol. The van der Waals surface area contributed by atoms with E-state index in [0.29, 0.717) is 5.69 Å². The molecule has 0 heterocycles. The Balaban J connectivity index is 0.000000561. The van der Waals surface area contributed by atoms with Crippen molar-refractivity contribution in [3.8, 4) is 5.75 Å². The Labute approximate surface area is 73.3 Å². The van der Waals surface area contributed by atoms with Crippen molar-refractivity contribution in [2.24, 2.45) is 0 Å². The first kappa shape index (κ1) is 10.8. The van der Waals surface area contributed by atoms with E-state index >= 15 is 0 Å². The van der Waals surface area contributed by atoms with Crippen LogP contribution in [-0.4, -0.2) is 7.11 Å². The average molecular weight is 169 g/mol. The first-order valence-electron chi connectivity index (χ1n) is 3.99. The van der Waals surface area contributed by atoms with Gasteiger partial charge >= 0.3 is 0 Å². The van der Waals surface area contributed by atoms with Crippen LogP contribution in [0.25, 0.3) is 0 Å². The lowest BCUT2D eigenvalue weighted by molar-refractivity contribution is -0.256.